The number of amides is 1. The first-order chi connectivity index (χ1) is 5.91. The minimum atomic E-state index is -2.16. The molecule has 0 radical (unpaired) electrons. The van der Waals surface area contributed by atoms with Crippen LogP contribution >= 0.6 is 0 Å². The fraction of sp³-hybridized carbons (Fsp3) is 0.286. The van der Waals surface area contributed by atoms with Crippen LogP contribution in [0.1, 0.15) is 23.2 Å². The second-order valence-electron chi connectivity index (χ2n) is 2.65. The summed E-state index contributed by atoms with van der Waals surface area (Å²) in [4.78, 5) is 17.8. The van der Waals surface area contributed by atoms with Gasteiger partial charge in [0.25, 0.3) is 5.91 Å². The largest absolute Gasteiger partial charge is 0.364 e. The molecule has 1 aromatic heterocycles. The van der Waals surface area contributed by atoms with Crippen molar-refractivity contribution >= 4 is 5.91 Å². The molecule has 6 heteroatoms. The average Bonchev–Trinajstić information content (AvgIpc) is 2.03. The maximum atomic E-state index is 10.6. The molecule has 70 valence electrons. The van der Waals surface area contributed by atoms with Crippen LogP contribution in [0, 0.1) is 0 Å². The monoisotopic (exact) mass is 183 g/mol. The number of nitrogens with zero attached hydrogens (tertiary/aromatic N) is 2. The molecule has 13 heavy (non-hydrogen) atoms. The molecule has 0 fully saturated rings. The normalized spacial score (nSPS) is 11.3. The molecule has 1 amide bonds. The zero-order valence-corrected chi connectivity index (χ0v) is 6.93. The molecular weight excluding hydrogens is 174 g/mol. The van der Waals surface area contributed by atoms with Crippen LogP contribution in [-0.4, -0.2) is 26.1 Å². The number of carbonyl (C=O) groups is 1. The summed E-state index contributed by atoms with van der Waals surface area (Å²) >= 11 is 0. The smallest absolute Gasteiger partial charge is 0.267 e. The summed E-state index contributed by atoms with van der Waals surface area (Å²) in [5, 5.41) is 18.1. The van der Waals surface area contributed by atoms with E-state index in [2.05, 4.69) is 9.97 Å². The van der Waals surface area contributed by atoms with Gasteiger partial charge in [0.05, 0.1) is 0 Å². The molecule has 0 atom stereocenters. The Labute approximate surface area is 74.1 Å². The fourth-order valence-electron chi connectivity index (χ4n) is 0.724. The molecule has 0 unspecified atom stereocenters. The number of carbonyl (C=O) groups excluding carboxylic acids is 1. The number of nitrogens with two attached hydrogens (primary N) is 1. The van der Waals surface area contributed by atoms with E-state index in [9.17, 15) is 4.79 Å². The number of rotatable bonds is 2. The standard InChI is InChI=1S/C7H9N3O3/c1-7(12,13)6-9-3-2-4(10-6)5(8)11/h2-3,12-13H,1H3,(H2,8,11). The highest BCUT2D eigenvalue weighted by Gasteiger charge is 2.22. The second-order valence-corrected chi connectivity index (χ2v) is 2.65. The summed E-state index contributed by atoms with van der Waals surface area (Å²) in [5.74, 6) is -3.16. The van der Waals surface area contributed by atoms with Gasteiger partial charge in [-0.15, -0.1) is 0 Å². The number of hydrogen-bond donors (Lipinski definition) is 3. The van der Waals surface area contributed by atoms with Crippen molar-refractivity contribution < 1.29 is 15.0 Å². The van der Waals surface area contributed by atoms with Crippen LogP contribution in [0.5, 0.6) is 0 Å². The van der Waals surface area contributed by atoms with E-state index in [1.54, 1.807) is 0 Å². The summed E-state index contributed by atoms with van der Waals surface area (Å²) < 4.78 is 0. The maximum absolute atomic E-state index is 10.6. The van der Waals surface area contributed by atoms with E-state index >= 15 is 0 Å². The van der Waals surface area contributed by atoms with Gasteiger partial charge in [0.2, 0.25) is 5.79 Å². The Kier molecular flexibility index (Phi) is 2.26. The van der Waals surface area contributed by atoms with Crippen molar-refractivity contribution in [2.24, 2.45) is 5.73 Å². The van der Waals surface area contributed by atoms with Gasteiger partial charge in [-0.1, -0.05) is 0 Å². The minimum Gasteiger partial charge on any atom is -0.364 e. The first kappa shape index (κ1) is 9.56. The first-order valence-electron chi connectivity index (χ1n) is 3.49. The molecule has 0 saturated carbocycles. The summed E-state index contributed by atoms with van der Waals surface area (Å²) in [6, 6.07) is 1.29. The Balaban J connectivity index is 3.13. The zero-order chi connectivity index (χ0) is 10.1. The molecule has 6 nitrogen and oxygen atoms in total. The van der Waals surface area contributed by atoms with Crippen LogP contribution in [0.25, 0.3) is 0 Å². The quantitative estimate of drug-likeness (QED) is 0.495. The Morgan fingerprint density at radius 2 is 2.23 bits per heavy atom. The molecule has 0 aromatic carbocycles. The molecule has 4 N–H and O–H groups in total. The topological polar surface area (TPSA) is 109 Å². The summed E-state index contributed by atoms with van der Waals surface area (Å²) in [7, 11) is 0. The molecule has 1 aromatic rings. The number of hydrogen-bond acceptors (Lipinski definition) is 5. The molecule has 1 rings (SSSR count). The Bertz CT molecular complexity index is 332. The van der Waals surface area contributed by atoms with Gasteiger partial charge in [0, 0.05) is 6.20 Å². The molecule has 1 heterocycles. The van der Waals surface area contributed by atoms with Crippen LogP contribution in [0.2, 0.25) is 0 Å². The highest BCUT2D eigenvalue weighted by atomic mass is 16.5. The van der Waals surface area contributed by atoms with Gasteiger partial charge >= 0.3 is 0 Å². The van der Waals surface area contributed by atoms with Crippen LogP contribution in [-0.2, 0) is 5.79 Å². The van der Waals surface area contributed by atoms with Crippen molar-refractivity contribution in [3.63, 3.8) is 0 Å². The first-order valence-corrected chi connectivity index (χ1v) is 3.49. The number of aromatic nitrogens is 2. The van der Waals surface area contributed by atoms with Gasteiger partial charge in [0.15, 0.2) is 5.82 Å². The molecular formula is C7H9N3O3. The highest BCUT2D eigenvalue weighted by molar-refractivity contribution is 5.90. The third kappa shape index (κ3) is 2.20. The Morgan fingerprint density at radius 1 is 1.62 bits per heavy atom. The van der Waals surface area contributed by atoms with Gasteiger partial charge in [0.1, 0.15) is 5.69 Å². The summed E-state index contributed by atoms with van der Waals surface area (Å²) in [6.07, 6.45) is 1.23. The van der Waals surface area contributed by atoms with E-state index < -0.39 is 11.7 Å². The maximum Gasteiger partial charge on any atom is 0.267 e. The van der Waals surface area contributed by atoms with Gasteiger partial charge in [-0.3, -0.25) is 4.79 Å². The van der Waals surface area contributed by atoms with Crippen molar-refractivity contribution in [1.82, 2.24) is 9.97 Å². The van der Waals surface area contributed by atoms with Crippen LogP contribution < -0.4 is 5.73 Å². The van der Waals surface area contributed by atoms with Crippen molar-refractivity contribution in [3.8, 4) is 0 Å². The van der Waals surface area contributed by atoms with Gasteiger partial charge in [-0.05, 0) is 13.0 Å². The SMILES string of the molecule is CC(O)(O)c1nccc(C(N)=O)n1. The lowest BCUT2D eigenvalue weighted by Gasteiger charge is -2.13. The highest BCUT2D eigenvalue weighted by Crippen LogP contribution is 2.10. The average molecular weight is 183 g/mol. The lowest BCUT2D eigenvalue weighted by Crippen LogP contribution is -2.25. The van der Waals surface area contributed by atoms with Gasteiger partial charge in [-0.2, -0.15) is 0 Å². The summed E-state index contributed by atoms with van der Waals surface area (Å²) in [6.45, 7) is 1.09. The Hall–Kier alpha value is -1.53. The van der Waals surface area contributed by atoms with E-state index in [1.807, 2.05) is 0 Å². The molecule has 0 aliphatic carbocycles. The van der Waals surface area contributed by atoms with Gasteiger partial charge in [-0.25, -0.2) is 9.97 Å². The molecule has 0 aliphatic rings. The third-order valence-electron chi connectivity index (χ3n) is 1.33. The van der Waals surface area contributed by atoms with E-state index in [-0.39, 0.29) is 11.5 Å². The molecule has 0 bridgehead atoms. The fourth-order valence-corrected chi connectivity index (χ4v) is 0.724. The molecule has 0 aliphatic heterocycles. The predicted octanol–water partition coefficient (Wildman–Crippen LogP) is -1.27. The van der Waals surface area contributed by atoms with Crippen molar-refractivity contribution in [3.05, 3.63) is 23.8 Å². The van der Waals surface area contributed by atoms with E-state index in [1.165, 1.54) is 12.3 Å². The predicted molar refractivity (Wildman–Crippen MR) is 42.3 cm³/mol. The van der Waals surface area contributed by atoms with Crippen LogP contribution in [0.15, 0.2) is 12.3 Å². The zero-order valence-electron chi connectivity index (χ0n) is 6.93. The van der Waals surface area contributed by atoms with Crippen LogP contribution in [0.4, 0.5) is 0 Å². The van der Waals surface area contributed by atoms with Crippen LogP contribution in [0.3, 0.4) is 0 Å². The van der Waals surface area contributed by atoms with Crippen molar-refractivity contribution in [2.75, 3.05) is 0 Å². The van der Waals surface area contributed by atoms with Gasteiger partial charge < -0.3 is 15.9 Å². The molecule has 0 spiro atoms. The van der Waals surface area contributed by atoms with Crippen molar-refractivity contribution in [1.29, 1.82) is 0 Å². The van der Waals surface area contributed by atoms with E-state index in [0.717, 1.165) is 6.92 Å². The molecule has 0 saturated heterocycles. The van der Waals surface area contributed by atoms with Crippen molar-refractivity contribution in [2.45, 2.75) is 12.7 Å². The summed E-state index contributed by atoms with van der Waals surface area (Å²) in [5.41, 5.74) is 4.88. The van der Waals surface area contributed by atoms with E-state index in [4.69, 9.17) is 15.9 Å². The number of primary amides is 1. The minimum absolute atomic E-state index is 0.0562. The number of aliphatic hydroxyl groups is 2. The third-order valence-corrected chi connectivity index (χ3v) is 1.33. The lowest BCUT2D eigenvalue weighted by molar-refractivity contribution is -0.159. The second kappa shape index (κ2) is 3.08. The van der Waals surface area contributed by atoms with E-state index in [0.29, 0.717) is 0 Å². The lowest BCUT2D eigenvalue weighted by atomic mass is 10.3. The Morgan fingerprint density at radius 3 is 2.69 bits per heavy atom.